The zero-order chi connectivity index (χ0) is 33.2. The molecule has 49 heavy (non-hydrogen) atoms. The zero-order valence-corrected chi connectivity index (χ0v) is 28.8. The molecule has 1 saturated heterocycles. The highest BCUT2D eigenvalue weighted by atomic mass is 16.2. The molecule has 9 aliphatic rings. The molecule has 2 aromatic carbocycles. The number of carbonyl (C=O) groups is 3. The Kier molecular flexibility index (Phi) is 6.44. The predicted octanol–water partition coefficient (Wildman–Crippen LogP) is 8.70. The van der Waals surface area contributed by atoms with Crippen molar-refractivity contribution in [3.8, 4) is 5.69 Å². The maximum Gasteiger partial charge on any atom is 0.335 e. The number of aromatic nitrogens is 1. The van der Waals surface area contributed by atoms with E-state index in [4.69, 9.17) is 0 Å². The first-order valence-corrected chi connectivity index (χ1v) is 19.0. The Morgan fingerprint density at radius 1 is 0.633 bits per heavy atom. The lowest BCUT2D eigenvalue weighted by molar-refractivity contribution is -0.122. The zero-order valence-electron chi connectivity index (χ0n) is 28.8. The highest BCUT2D eigenvalue weighted by Crippen LogP contribution is 2.62. The molecular formula is C43H47N3O3. The summed E-state index contributed by atoms with van der Waals surface area (Å²) in [6.07, 6.45) is 18.0. The Hall–Kier alpha value is -3.93. The third kappa shape index (κ3) is 4.61. The molecule has 0 spiro atoms. The number of benzene rings is 2. The van der Waals surface area contributed by atoms with Gasteiger partial charge in [-0.2, -0.15) is 0 Å². The lowest BCUT2D eigenvalue weighted by atomic mass is 9.48. The van der Waals surface area contributed by atoms with Gasteiger partial charge in [0.1, 0.15) is 5.57 Å². The number of carbonyl (C=O) groups excluding carboxylic acids is 3. The van der Waals surface area contributed by atoms with Crippen LogP contribution in [0.2, 0.25) is 0 Å². The lowest BCUT2D eigenvalue weighted by Gasteiger charge is -2.57. The van der Waals surface area contributed by atoms with Crippen LogP contribution in [-0.2, 0) is 20.4 Å². The van der Waals surface area contributed by atoms with Crippen molar-refractivity contribution in [3.05, 3.63) is 88.2 Å². The first-order chi connectivity index (χ1) is 23.6. The molecule has 0 atom stereocenters. The molecule has 1 N–H and O–H groups in total. The van der Waals surface area contributed by atoms with E-state index in [1.165, 1.54) is 88.2 Å². The van der Waals surface area contributed by atoms with Crippen molar-refractivity contribution in [1.82, 2.24) is 9.88 Å². The maximum absolute atomic E-state index is 13.9. The normalized spacial score (nSPS) is 36.7. The van der Waals surface area contributed by atoms with Gasteiger partial charge in [-0.15, -0.1) is 0 Å². The number of barbiturate groups is 1. The van der Waals surface area contributed by atoms with E-state index in [-0.39, 0.29) is 11.0 Å². The van der Waals surface area contributed by atoms with Crippen LogP contribution < -0.4 is 10.2 Å². The molecule has 1 aliphatic heterocycles. The van der Waals surface area contributed by atoms with Gasteiger partial charge in [0, 0.05) is 17.1 Å². The summed E-state index contributed by atoms with van der Waals surface area (Å²) < 4.78 is 2.20. The van der Waals surface area contributed by atoms with E-state index in [1.54, 1.807) is 6.08 Å². The maximum atomic E-state index is 13.9. The van der Waals surface area contributed by atoms with Crippen molar-refractivity contribution in [2.45, 2.75) is 102 Å². The molecule has 9 fully saturated rings. The molecule has 3 aromatic rings. The van der Waals surface area contributed by atoms with Crippen molar-refractivity contribution in [2.24, 2.45) is 35.5 Å². The molecule has 6 nitrogen and oxygen atoms in total. The minimum atomic E-state index is -0.695. The van der Waals surface area contributed by atoms with Gasteiger partial charge in [0.15, 0.2) is 0 Å². The number of aryl methyl sites for hydroxylation is 1. The summed E-state index contributed by atoms with van der Waals surface area (Å²) in [5.74, 6) is 4.01. The van der Waals surface area contributed by atoms with Gasteiger partial charge in [-0.05, 0) is 190 Å². The Balaban J connectivity index is 0.915. The average molecular weight is 654 g/mol. The average Bonchev–Trinajstić information content (AvgIpc) is 3.34. The van der Waals surface area contributed by atoms with E-state index in [9.17, 15) is 14.4 Å². The predicted molar refractivity (Wildman–Crippen MR) is 190 cm³/mol. The van der Waals surface area contributed by atoms with E-state index < -0.39 is 17.8 Å². The van der Waals surface area contributed by atoms with Crippen molar-refractivity contribution < 1.29 is 14.4 Å². The first kappa shape index (κ1) is 29.9. The first-order valence-electron chi connectivity index (χ1n) is 19.0. The Morgan fingerprint density at radius 3 is 1.51 bits per heavy atom. The third-order valence-corrected chi connectivity index (χ3v) is 14.4. The molecule has 4 amide bonds. The highest BCUT2D eigenvalue weighted by Gasteiger charge is 2.53. The van der Waals surface area contributed by atoms with Gasteiger partial charge in [0.25, 0.3) is 11.8 Å². The second kappa shape index (κ2) is 10.5. The smallest absolute Gasteiger partial charge is 0.318 e. The van der Waals surface area contributed by atoms with Crippen LogP contribution in [-0.4, -0.2) is 22.4 Å². The Labute approximate surface area is 289 Å². The minimum Gasteiger partial charge on any atom is -0.318 e. The van der Waals surface area contributed by atoms with Crippen LogP contribution in [0, 0.1) is 49.4 Å². The van der Waals surface area contributed by atoms with Gasteiger partial charge >= 0.3 is 6.03 Å². The van der Waals surface area contributed by atoms with Gasteiger partial charge in [-0.25, -0.2) is 9.69 Å². The standard InChI is InChI=1S/C43H47N3O3/c1-25-11-33(26(2)45(25)36-7-3-34(4-8-36)42-19-27-12-28(20-42)14-29(13-27)21-42)18-38-39(47)44-41(49)46(40(38)48)37-9-5-35(6-10-37)43-22-30-15-31(23-43)17-32(16-30)24-43/h3-11,18,27-32H,12-17,19-24H2,1-2H3,(H,44,47,49)/b38-18+. The number of rotatable bonds is 5. The molecule has 2 heterocycles. The number of nitrogens with zero attached hydrogens (tertiary/aromatic N) is 2. The second-order valence-electron chi connectivity index (χ2n) is 17.6. The third-order valence-electron chi connectivity index (χ3n) is 14.4. The fourth-order valence-electron chi connectivity index (χ4n) is 13.2. The molecule has 12 rings (SSSR count). The van der Waals surface area contributed by atoms with Gasteiger partial charge in [-0.3, -0.25) is 14.9 Å². The molecule has 8 saturated carbocycles. The molecule has 6 heteroatoms. The molecule has 8 aliphatic carbocycles. The molecule has 0 unspecified atom stereocenters. The monoisotopic (exact) mass is 653 g/mol. The van der Waals surface area contributed by atoms with E-state index in [2.05, 4.69) is 53.2 Å². The van der Waals surface area contributed by atoms with Crippen LogP contribution in [0.3, 0.4) is 0 Å². The van der Waals surface area contributed by atoms with Gasteiger partial charge < -0.3 is 4.57 Å². The summed E-state index contributed by atoms with van der Waals surface area (Å²) in [6.45, 7) is 4.09. The summed E-state index contributed by atoms with van der Waals surface area (Å²) in [5.41, 5.74) is 7.78. The van der Waals surface area contributed by atoms with E-state index in [0.29, 0.717) is 11.1 Å². The number of hydrogen-bond donors (Lipinski definition) is 1. The molecule has 252 valence electrons. The quantitative estimate of drug-likeness (QED) is 0.221. The number of imide groups is 2. The van der Waals surface area contributed by atoms with Crippen LogP contribution >= 0.6 is 0 Å². The topological polar surface area (TPSA) is 71.4 Å². The molecule has 8 bridgehead atoms. The van der Waals surface area contributed by atoms with Crippen LogP contribution in [0.15, 0.2) is 60.2 Å². The number of urea groups is 1. The summed E-state index contributed by atoms with van der Waals surface area (Å²) in [4.78, 5) is 41.3. The number of hydrogen-bond acceptors (Lipinski definition) is 3. The Bertz CT molecular complexity index is 1860. The summed E-state index contributed by atoms with van der Waals surface area (Å²) in [6, 6.07) is 18.6. The molecule has 1 aromatic heterocycles. The number of anilines is 1. The SMILES string of the molecule is Cc1cc(/C=C2\C(=O)NC(=O)N(c3ccc(C45CC6CC(CC(C6)C4)C5)cc3)C2=O)c(C)n1-c1ccc(C23CC4CC(CC(C4)C2)C3)cc1. The fourth-order valence-corrected chi connectivity index (χ4v) is 13.2. The minimum absolute atomic E-state index is 0.0258. The van der Waals surface area contributed by atoms with Crippen molar-refractivity contribution in [2.75, 3.05) is 4.90 Å². The fraction of sp³-hybridized carbons (Fsp3) is 0.512. The van der Waals surface area contributed by atoms with Crippen LogP contribution in [0.4, 0.5) is 10.5 Å². The van der Waals surface area contributed by atoms with Crippen molar-refractivity contribution in [1.29, 1.82) is 0 Å². The molecular weight excluding hydrogens is 606 g/mol. The van der Waals surface area contributed by atoms with Crippen LogP contribution in [0.25, 0.3) is 11.8 Å². The summed E-state index contributed by atoms with van der Waals surface area (Å²) in [7, 11) is 0. The van der Waals surface area contributed by atoms with E-state index >= 15 is 0 Å². The highest BCUT2D eigenvalue weighted by molar-refractivity contribution is 6.39. The van der Waals surface area contributed by atoms with Gasteiger partial charge in [-0.1, -0.05) is 24.3 Å². The van der Waals surface area contributed by atoms with Crippen molar-refractivity contribution in [3.63, 3.8) is 0 Å². The lowest BCUT2D eigenvalue weighted by Crippen LogP contribution is -2.54. The largest absolute Gasteiger partial charge is 0.335 e. The summed E-state index contributed by atoms with van der Waals surface area (Å²) >= 11 is 0. The van der Waals surface area contributed by atoms with Crippen LogP contribution in [0.1, 0.15) is 105 Å². The number of amides is 4. The van der Waals surface area contributed by atoms with Crippen molar-refractivity contribution >= 4 is 29.6 Å². The molecule has 0 radical (unpaired) electrons. The second-order valence-corrected chi connectivity index (χ2v) is 17.6. The number of nitrogens with one attached hydrogen (secondary N) is 1. The summed E-state index contributed by atoms with van der Waals surface area (Å²) in [5, 5.41) is 2.44. The van der Waals surface area contributed by atoms with E-state index in [1.807, 2.05) is 25.1 Å². The van der Waals surface area contributed by atoms with E-state index in [0.717, 1.165) is 63.0 Å². The van der Waals surface area contributed by atoms with Crippen LogP contribution in [0.5, 0.6) is 0 Å². The van der Waals surface area contributed by atoms with Gasteiger partial charge in [0.05, 0.1) is 5.69 Å². The Morgan fingerprint density at radius 2 is 1.06 bits per heavy atom. The van der Waals surface area contributed by atoms with Gasteiger partial charge in [0.2, 0.25) is 0 Å².